The summed E-state index contributed by atoms with van der Waals surface area (Å²) in [7, 11) is 1.34. The van der Waals surface area contributed by atoms with E-state index >= 15 is 0 Å². The van der Waals surface area contributed by atoms with Crippen LogP contribution >= 0.6 is 15.9 Å². The molecule has 0 saturated heterocycles. The van der Waals surface area contributed by atoms with Crippen LogP contribution < -0.4 is 4.74 Å². The molecule has 1 aromatic carbocycles. The second-order valence-corrected chi connectivity index (χ2v) is 3.74. The molecule has 0 atom stereocenters. The van der Waals surface area contributed by atoms with Gasteiger partial charge in [0.15, 0.2) is 6.61 Å². The number of ether oxygens (including phenoxy) is 2. The number of alkyl halides is 1. The summed E-state index contributed by atoms with van der Waals surface area (Å²) >= 11 is 3.37. The van der Waals surface area contributed by atoms with Crippen molar-refractivity contribution in [3.8, 4) is 5.75 Å². The van der Waals surface area contributed by atoms with Gasteiger partial charge in [-0.3, -0.25) is 0 Å². The van der Waals surface area contributed by atoms with Crippen molar-refractivity contribution in [2.75, 3.05) is 19.0 Å². The Labute approximate surface area is 97.5 Å². The maximum Gasteiger partial charge on any atom is 0.343 e. The van der Waals surface area contributed by atoms with Crippen molar-refractivity contribution in [3.63, 3.8) is 0 Å². The lowest BCUT2D eigenvalue weighted by atomic mass is 10.2. The van der Waals surface area contributed by atoms with Gasteiger partial charge in [-0.25, -0.2) is 4.79 Å². The fourth-order valence-corrected chi connectivity index (χ4v) is 1.56. The lowest BCUT2D eigenvalue weighted by Crippen LogP contribution is -2.12. The minimum Gasteiger partial charge on any atom is -0.482 e. The van der Waals surface area contributed by atoms with Gasteiger partial charge in [-0.05, 0) is 24.1 Å². The SMILES string of the molecule is COC(=O)COc1cccc(CCBr)c1. The molecule has 0 fully saturated rings. The van der Waals surface area contributed by atoms with Crippen LogP contribution in [0.25, 0.3) is 0 Å². The van der Waals surface area contributed by atoms with Gasteiger partial charge in [0.05, 0.1) is 7.11 Å². The topological polar surface area (TPSA) is 35.5 Å². The lowest BCUT2D eigenvalue weighted by molar-refractivity contribution is -0.142. The first-order valence-electron chi connectivity index (χ1n) is 4.61. The minimum atomic E-state index is -0.374. The van der Waals surface area contributed by atoms with Gasteiger partial charge in [-0.1, -0.05) is 28.1 Å². The number of carbonyl (C=O) groups excluding carboxylic acids is 1. The van der Waals surface area contributed by atoms with Crippen LogP contribution in [0.1, 0.15) is 5.56 Å². The average molecular weight is 273 g/mol. The van der Waals surface area contributed by atoms with Crippen molar-refractivity contribution < 1.29 is 14.3 Å². The molecule has 1 aromatic rings. The lowest BCUT2D eigenvalue weighted by Gasteiger charge is -2.06. The van der Waals surface area contributed by atoms with E-state index in [-0.39, 0.29) is 12.6 Å². The van der Waals surface area contributed by atoms with Crippen molar-refractivity contribution in [1.82, 2.24) is 0 Å². The molecular formula is C11H13BrO3. The Balaban J connectivity index is 2.53. The Morgan fingerprint density at radius 2 is 2.27 bits per heavy atom. The summed E-state index contributed by atoms with van der Waals surface area (Å²) in [5.41, 5.74) is 1.18. The molecular weight excluding hydrogens is 260 g/mol. The Bertz CT molecular complexity index is 325. The normalized spacial score (nSPS) is 9.73. The predicted octanol–water partition coefficient (Wildman–Crippen LogP) is 2.18. The molecule has 0 N–H and O–H groups in total. The van der Waals surface area contributed by atoms with Crippen molar-refractivity contribution >= 4 is 21.9 Å². The molecule has 82 valence electrons. The molecule has 4 heteroatoms. The third-order valence-corrected chi connectivity index (χ3v) is 2.26. The van der Waals surface area contributed by atoms with Crippen LogP contribution in [0.15, 0.2) is 24.3 Å². The molecule has 0 aliphatic heterocycles. The summed E-state index contributed by atoms with van der Waals surface area (Å²) in [6.07, 6.45) is 0.940. The van der Waals surface area contributed by atoms with Crippen molar-refractivity contribution in [1.29, 1.82) is 0 Å². The van der Waals surface area contributed by atoms with E-state index in [9.17, 15) is 4.79 Å². The summed E-state index contributed by atoms with van der Waals surface area (Å²) in [6, 6.07) is 7.67. The van der Waals surface area contributed by atoms with E-state index in [2.05, 4.69) is 20.7 Å². The molecule has 1 rings (SSSR count). The smallest absolute Gasteiger partial charge is 0.343 e. The van der Waals surface area contributed by atoms with Crippen LogP contribution in [0.5, 0.6) is 5.75 Å². The highest BCUT2D eigenvalue weighted by atomic mass is 79.9. The van der Waals surface area contributed by atoms with Gasteiger partial charge in [0.25, 0.3) is 0 Å². The highest BCUT2D eigenvalue weighted by Crippen LogP contribution is 2.14. The van der Waals surface area contributed by atoms with Gasteiger partial charge >= 0.3 is 5.97 Å². The van der Waals surface area contributed by atoms with Gasteiger partial charge in [0.2, 0.25) is 0 Å². The Hall–Kier alpha value is -1.03. The van der Waals surface area contributed by atoms with E-state index < -0.39 is 0 Å². The Morgan fingerprint density at radius 1 is 1.47 bits per heavy atom. The van der Waals surface area contributed by atoms with E-state index in [0.29, 0.717) is 5.75 Å². The quantitative estimate of drug-likeness (QED) is 0.609. The standard InChI is InChI=1S/C11H13BrO3/c1-14-11(13)8-15-10-4-2-3-9(7-10)5-6-12/h2-4,7H,5-6,8H2,1H3. The van der Waals surface area contributed by atoms with Crippen LogP contribution in [-0.4, -0.2) is 25.0 Å². The summed E-state index contributed by atoms with van der Waals surface area (Å²) in [6.45, 7) is -0.0474. The van der Waals surface area contributed by atoms with Crippen LogP contribution in [0.4, 0.5) is 0 Å². The second kappa shape index (κ2) is 6.45. The molecule has 0 aliphatic carbocycles. The molecule has 0 bridgehead atoms. The molecule has 0 saturated carbocycles. The van der Waals surface area contributed by atoms with Crippen molar-refractivity contribution in [2.45, 2.75) is 6.42 Å². The van der Waals surface area contributed by atoms with Gasteiger partial charge < -0.3 is 9.47 Å². The number of carbonyl (C=O) groups is 1. The number of aryl methyl sites for hydroxylation is 1. The fourth-order valence-electron chi connectivity index (χ4n) is 1.10. The first-order valence-corrected chi connectivity index (χ1v) is 5.73. The first-order chi connectivity index (χ1) is 7.26. The Morgan fingerprint density at radius 3 is 2.93 bits per heavy atom. The summed E-state index contributed by atoms with van der Waals surface area (Å²) in [5, 5.41) is 0.910. The fraction of sp³-hybridized carbons (Fsp3) is 0.364. The zero-order valence-corrected chi connectivity index (χ0v) is 10.1. The van der Waals surface area contributed by atoms with Gasteiger partial charge in [0, 0.05) is 5.33 Å². The maximum absolute atomic E-state index is 10.8. The second-order valence-electron chi connectivity index (χ2n) is 2.95. The van der Waals surface area contributed by atoms with Gasteiger partial charge in [-0.15, -0.1) is 0 Å². The number of hydrogen-bond donors (Lipinski definition) is 0. The van der Waals surface area contributed by atoms with Crippen LogP contribution in [-0.2, 0) is 16.0 Å². The highest BCUT2D eigenvalue weighted by molar-refractivity contribution is 9.09. The van der Waals surface area contributed by atoms with Crippen LogP contribution in [0.3, 0.4) is 0 Å². The predicted molar refractivity (Wildman–Crippen MR) is 61.5 cm³/mol. The molecule has 15 heavy (non-hydrogen) atoms. The van der Waals surface area contributed by atoms with Crippen LogP contribution in [0, 0.1) is 0 Å². The van der Waals surface area contributed by atoms with E-state index in [1.807, 2.05) is 24.3 Å². The van der Waals surface area contributed by atoms with Gasteiger partial charge in [0.1, 0.15) is 5.75 Å². The van der Waals surface area contributed by atoms with Crippen LogP contribution in [0.2, 0.25) is 0 Å². The third kappa shape index (κ3) is 4.34. The average Bonchev–Trinajstić information content (AvgIpc) is 2.27. The largest absolute Gasteiger partial charge is 0.482 e. The monoisotopic (exact) mass is 272 g/mol. The van der Waals surface area contributed by atoms with E-state index in [4.69, 9.17) is 4.74 Å². The summed E-state index contributed by atoms with van der Waals surface area (Å²) in [5.74, 6) is 0.319. The highest BCUT2D eigenvalue weighted by Gasteiger charge is 2.02. The summed E-state index contributed by atoms with van der Waals surface area (Å²) in [4.78, 5) is 10.8. The number of hydrogen-bond acceptors (Lipinski definition) is 3. The third-order valence-electron chi connectivity index (χ3n) is 1.87. The van der Waals surface area contributed by atoms with E-state index in [1.54, 1.807) is 0 Å². The zero-order chi connectivity index (χ0) is 11.1. The van der Waals surface area contributed by atoms with Gasteiger partial charge in [-0.2, -0.15) is 0 Å². The molecule has 0 heterocycles. The molecule has 0 unspecified atom stereocenters. The van der Waals surface area contributed by atoms with Crippen molar-refractivity contribution in [3.05, 3.63) is 29.8 Å². The Kier molecular flexibility index (Phi) is 5.18. The number of rotatable bonds is 5. The molecule has 3 nitrogen and oxygen atoms in total. The van der Waals surface area contributed by atoms with E-state index in [1.165, 1.54) is 12.7 Å². The number of benzene rings is 1. The molecule has 0 amide bonds. The summed E-state index contributed by atoms with van der Waals surface area (Å²) < 4.78 is 9.73. The number of esters is 1. The molecule has 0 radical (unpaired) electrons. The number of methoxy groups -OCH3 is 1. The molecule has 0 aliphatic rings. The number of halogens is 1. The van der Waals surface area contributed by atoms with Crippen molar-refractivity contribution in [2.24, 2.45) is 0 Å². The zero-order valence-electron chi connectivity index (χ0n) is 8.53. The first kappa shape index (κ1) is 12.0. The molecule has 0 aromatic heterocycles. The molecule has 0 spiro atoms. The maximum atomic E-state index is 10.8. The minimum absolute atomic E-state index is 0.0474. The van der Waals surface area contributed by atoms with E-state index in [0.717, 1.165) is 11.8 Å².